The maximum atomic E-state index is 13.2. The molecule has 0 spiro atoms. The lowest BCUT2D eigenvalue weighted by molar-refractivity contribution is -0.116. The fourth-order valence-corrected chi connectivity index (χ4v) is 4.30. The number of ether oxygens (including phenoxy) is 2. The quantitative estimate of drug-likeness (QED) is 0.650. The van der Waals surface area contributed by atoms with Crippen LogP contribution in [0.1, 0.15) is 30.8 Å². The lowest BCUT2D eigenvalue weighted by Gasteiger charge is -2.14. The van der Waals surface area contributed by atoms with Crippen molar-refractivity contribution in [1.82, 2.24) is 14.1 Å². The molecule has 9 heteroatoms. The van der Waals surface area contributed by atoms with Gasteiger partial charge in [0.15, 0.2) is 0 Å². The molecule has 0 saturated carbocycles. The Hall–Kier alpha value is -3.00. The summed E-state index contributed by atoms with van der Waals surface area (Å²) in [5.41, 5.74) is 2.23. The van der Waals surface area contributed by atoms with E-state index >= 15 is 0 Å². The van der Waals surface area contributed by atoms with Crippen LogP contribution in [0.4, 0.5) is 5.69 Å². The fraction of sp³-hybridized carbons (Fsp3) is 0.409. The summed E-state index contributed by atoms with van der Waals surface area (Å²) in [6, 6.07) is 5.05. The fourth-order valence-electron chi connectivity index (χ4n) is 4.06. The number of fused-ring (bicyclic) bond motifs is 2. The van der Waals surface area contributed by atoms with Crippen molar-refractivity contribution in [3.63, 3.8) is 0 Å². The van der Waals surface area contributed by atoms with E-state index in [0.717, 1.165) is 37.2 Å². The van der Waals surface area contributed by atoms with Crippen molar-refractivity contribution in [2.45, 2.75) is 45.7 Å². The van der Waals surface area contributed by atoms with Crippen molar-refractivity contribution in [1.29, 1.82) is 0 Å². The van der Waals surface area contributed by atoms with Crippen LogP contribution < -0.4 is 20.3 Å². The van der Waals surface area contributed by atoms with Crippen LogP contribution in [0.5, 0.6) is 11.5 Å². The number of carbonyl (C=O) groups excluding carboxylic acids is 1. The molecule has 0 aliphatic carbocycles. The monoisotopic (exact) mass is 444 g/mol. The second-order valence-corrected chi connectivity index (χ2v) is 8.04. The van der Waals surface area contributed by atoms with Gasteiger partial charge in [0.25, 0.3) is 5.56 Å². The number of amides is 1. The second-order valence-electron chi connectivity index (χ2n) is 7.64. The number of aryl methyl sites for hydroxylation is 2. The zero-order valence-electron chi connectivity index (χ0n) is 17.8. The van der Waals surface area contributed by atoms with Gasteiger partial charge in [-0.3, -0.25) is 14.2 Å². The molecule has 3 aromatic rings. The summed E-state index contributed by atoms with van der Waals surface area (Å²) in [7, 11) is 3.01. The summed E-state index contributed by atoms with van der Waals surface area (Å²) in [6.07, 6.45) is 3.87. The van der Waals surface area contributed by atoms with E-state index in [-0.39, 0.29) is 18.0 Å². The Morgan fingerprint density at radius 1 is 1.16 bits per heavy atom. The number of hydrogen-bond acceptors (Lipinski definition) is 5. The van der Waals surface area contributed by atoms with Gasteiger partial charge in [-0.15, -0.1) is 0 Å². The van der Waals surface area contributed by atoms with E-state index in [1.165, 1.54) is 14.2 Å². The summed E-state index contributed by atoms with van der Waals surface area (Å²) in [4.78, 5) is 30.8. The number of nitrogens with zero attached hydrogens (tertiary/aromatic N) is 3. The molecule has 4 rings (SSSR count). The normalized spacial score (nSPS) is 13.5. The molecule has 0 unspecified atom stereocenters. The van der Waals surface area contributed by atoms with Crippen molar-refractivity contribution in [2.75, 3.05) is 19.5 Å². The molecule has 0 saturated heterocycles. The van der Waals surface area contributed by atoms with Gasteiger partial charge < -0.3 is 19.4 Å². The third-order valence-electron chi connectivity index (χ3n) is 5.62. The minimum absolute atomic E-state index is 0.0294. The van der Waals surface area contributed by atoms with E-state index in [1.54, 1.807) is 21.3 Å². The van der Waals surface area contributed by atoms with Gasteiger partial charge in [0, 0.05) is 24.7 Å². The van der Waals surface area contributed by atoms with E-state index in [9.17, 15) is 9.59 Å². The molecule has 1 amide bonds. The lowest BCUT2D eigenvalue weighted by atomic mass is 10.2. The van der Waals surface area contributed by atoms with Crippen molar-refractivity contribution in [2.24, 2.45) is 0 Å². The van der Waals surface area contributed by atoms with Gasteiger partial charge in [-0.2, -0.15) is 0 Å². The predicted octanol–water partition coefficient (Wildman–Crippen LogP) is 3.54. The van der Waals surface area contributed by atoms with E-state index in [2.05, 4.69) is 5.32 Å². The standard InChI is InChI=1S/C22H25ClN4O4/c1-13-9-16-21(22(29)26-8-6-4-5-7-19(26)24-16)27(13)12-20(28)25-15-10-14(23)17(30-2)11-18(15)31-3/h9-11H,4-8,12H2,1-3H3,(H,25,28). The molecule has 1 aromatic carbocycles. The Bertz CT molecular complexity index is 1210. The van der Waals surface area contributed by atoms with Gasteiger partial charge in [-0.05, 0) is 31.9 Å². The number of anilines is 1. The average molecular weight is 445 g/mol. The molecule has 0 fully saturated rings. The topological polar surface area (TPSA) is 87.4 Å². The van der Waals surface area contributed by atoms with Crippen LogP contribution in [-0.2, 0) is 24.3 Å². The van der Waals surface area contributed by atoms with E-state index in [1.807, 2.05) is 13.0 Å². The molecule has 1 aliphatic rings. The molecule has 3 heterocycles. The highest BCUT2D eigenvalue weighted by Crippen LogP contribution is 2.36. The van der Waals surface area contributed by atoms with Crippen LogP contribution in [0.25, 0.3) is 11.0 Å². The van der Waals surface area contributed by atoms with Crippen molar-refractivity contribution < 1.29 is 14.3 Å². The van der Waals surface area contributed by atoms with Crippen LogP contribution in [-0.4, -0.2) is 34.2 Å². The van der Waals surface area contributed by atoms with Crippen LogP contribution in [0.3, 0.4) is 0 Å². The molecular formula is C22H25ClN4O4. The first-order valence-corrected chi connectivity index (χ1v) is 10.6. The number of nitrogens with one attached hydrogen (secondary N) is 1. The number of aromatic nitrogens is 3. The van der Waals surface area contributed by atoms with Gasteiger partial charge in [0.2, 0.25) is 5.91 Å². The number of benzene rings is 1. The van der Waals surface area contributed by atoms with Crippen molar-refractivity contribution >= 4 is 34.2 Å². The Labute approximate surface area is 184 Å². The maximum Gasteiger partial charge on any atom is 0.278 e. The zero-order valence-corrected chi connectivity index (χ0v) is 18.6. The molecular weight excluding hydrogens is 420 g/mol. The smallest absolute Gasteiger partial charge is 0.278 e. The van der Waals surface area contributed by atoms with Gasteiger partial charge >= 0.3 is 0 Å². The molecule has 1 N–H and O–H groups in total. The lowest BCUT2D eigenvalue weighted by Crippen LogP contribution is -2.28. The minimum Gasteiger partial charge on any atom is -0.495 e. The molecule has 164 valence electrons. The van der Waals surface area contributed by atoms with E-state index < -0.39 is 0 Å². The first kappa shape index (κ1) is 21.2. The Morgan fingerprint density at radius 2 is 1.94 bits per heavy atom. The van der Waals surface area contributed by atoms with Crippen molar-refractivity contribution in [3.8, 4) is 11.5 Å². The number of halogens is 1. The minimum atomic E-state index is -0.306. The molecule has 0 bridgehead atoms. The number of rotatable bonds is 5. The Balaban J connectivity index is 1.67. The summed E-state index contributed by atoms with van der Waals surface area (Å²) in [5, 5.41) is 3.17. The largest absolute Gasteiger partial charge is 0.495 e. The highest BCUT2D eigenvalue weighted by molar-refractivity contribution is 6.32. The molecule has 0 atom stereocenters. The Kier molecular flexibility index (Phi) is 5.91. The van der Waals surface area contributed by atoms with Gasteiger partial charge in [0.05, 0.1) is 30.4 Å². The molecule has 2 aromatic heterocycles. The van der Waals surface area contributed by atoms with Crippen LogP contribution in [0.2, 0.25) is 5.02 Å². The highest BCUT2D eigenvalue weighted by atomic mass is 35.5. The van der Waals surface area contributed by atoms with Gasteiger partial charge in [-0.1, -0.05) is 18.0 Å². The first-order valence-electron chi connectivity index (χ1n) is 10.2. The summed E-state index contributed by atoms with van der Waals surface area (Å²) < 4.78 is 14.0. The van der Waals surface area contributed by atoms with Gasteiger partial charge in [-0.25, -0.2) is 4.98 Å². The van der Waals surface area contributed by atoms with Crippen LogP contribution in [0.15, 0.2) is 23.0 Å². The maximum absolute atomic E-state index is 13.2. The predicted molar refractivity (Wildman–Crippen MR) is 119 cm³/mol. The number of carbonyl (C=O) groups is 1. The SMILES string of the molecule is COc1cc(OC)c(NC(=O)Cn2c(C)cc3nc4n(c(=O)c32)CCCCC4)cc1Cl. The summed E-state index contributed by atoms with van der Waals surface area (Å²) in [6.45, 7) is 2.50. The third-order valence-corrected chi connectivity index (χ3v) is 5.92. The summed E-state index contributed by atoms with van der Waals surface area (Å²) >= 11 is 6.20. The highest BCUT2D eigenvalue weighted by Gasteiger charge is 2.20. The molecule has 0 radical (unpaired) electrons. The van der Waals surface area contributed by atoms with E-state index in [0.29, 0.717) is 39.8 Å². The van der Waals surface area contributed by atoms with Gasteiger partial charge in [0.1, 0.15) is 29.4 Å². The third kappa shape index (κ3) is 3.99. The average Bonchev–Trinajstić information content (AvgIpc) is 2.90. The molecule has 1 aliphatic heterocycles. The van der Waals surface area contributed by atoms with Crippen LogP contribution >= 0.6 is 11.6 Å². The van der Waals surface area contributed by atoms with Crippen molar-refractivity contribution in [3.05, 3.63) is 45.1 Å². The number of hydrogen-bond donors (Lipinski definition) is 1. The molecule has 31 heavy (non-hydrogen) atoms. The first-order chi connectivity index (χ1) is 14.9. The molecule has 8 nitrogen and oxygen atoms in total. The van der Waals surface area contributed by atoms with E-state index in [4.69, 9.17) is 26.1 Å². The van der Waals surface area contributed by atoms with Crippen LogP contribution in [0, 0.1) is 6.92 Å². The zero-order chi connectivity index (χ0) is 22.1. The Morgan fingerprint density at radius 3 is 2.68 bits per heavy atom. The number of methoxy groups -OCH3 is 2. The summed E-state index contributed by atoms with van der Waals surface area (Å²) in [5.74, 6) is 1.40. The second kappa shape index (κ2) is 8.63.